The van der Waals surface area contributed by atoms with E-state index in [1.165, 1.54) is 10.6 Å². The Morgan fingerprint density at radius 2 is 2.14 bits per heavy atom. The molecule has 1 aliphatic carbocycles. The van der Waals surface area contributed by atoms with Crippen LogP contribution in [-0.4, -0.2) is 16.6 Å². The van der Waals surface area contributed by atoms with Crippen LogP contribution in [0.15, 0.2) is 47.7 Å². The average Bonchev–Trinajstić information content (AvgIpc) is 2.55. The van der Waals surface area contributed by atoms with E-state index in [2.05, 4.69) is 16.2 Å². The lowest BCUT2D eigenvalue weighted by molar-refractivity contribution is -0.119. The van der Waals surface area contributed by atoms with Gasteiger partial charge < -0.3 is 0 Å². The Kier molecular flexibility index (Phi) is 3.19. The molecule has 0 saturated heterocycles. The lowest BCUT2D eigenvalue weighted by Gasteiger charge is -2.32. The maximum absolute atomic E-state index is 12.4. The number of rotatable bonds is 1. The van der Waals surface area contributed by atoms with Gasteiger partial charge in [0.15, 0.2) is 5.82 Å². The number of hydrazone groups is 1. The lowest BCUT2D eigenvalue weighted by Crippen LogP contribution is -2.39. The molecular formula is C17H14ClN3O. The number of hydrogen-bond acceptors (Lipinski definition) is 3. The third-order valence-electron chi connectivity index (χ3n) is 4.23. The zero-order valence-corrected chi connectivity index (χ0v) is 12.6. The molecule has 4 rings (SSSR count). The zero-order chi connectivity index (χ0) is 15.1. The number of aryl methyl sites for hydroxylation is 1. The molecule has 0 fully saturated rings. The number of amides is 1. The molecule has 0 bridgehead atoms. The van der Waals surface area contributed by atoms with Crippen LogP contribution in [-0.2, 0) is 11.2 Å². The Balaban J connectivity index is 1.83. The van der Waals surface area contributed by atoms with E-state index in [0.717, 1.165) is 24.1 Å². The maximum Gasteiger partial charge on any atom is 0.249 e. The van der Waals surface area contributed by atoms with Crippen molar-refractivity contribution in [2.75, 3.05) is 5.01 Å². The number of fused-ring (bicyclic) bond motifs is 3. The number of carbonyl (C=O) groups is 1. The molecule has 0 radical (unpaired) electrons. The normalized spacial score (nSPS) is 20.2. The van der Waals surface area contributed by atoms with Crippen LogP contribution in [0.1, 0.15) is 24.0 Å². The van der Waals surface area contributed by atoms with Crippen LogP contribution < -0.4 is 5.01 Å². The first kappa shape index (κ1) is 13.5. The number of aromatic nitrogens is 1. The minimum absolute atomic E-state index is 0.00192. The molecule has 1 aromatic heterocycles. The first-order chi connectivity index (χ1) is 10.7. The third kappa shape index (κ3) is 2.20. The van der Waals surface area contributed by atoms with Crippen molar-refractivity contribution >= 4 is 29.0 Å². The molecule has 0 N–H and O–H groups in total. The van der Waals surface area contributed by atoms with Gasteiger partial charge in [-0.05, 0) is 42.7 Å². The van der Waals surface area contributed by atoms with Crippen LogP contribution in [0.5, 0.6) is 0 Å². The predicted molar refractivity (Wildman–Crippen MR) is 86.1 cm³/mol. The van der Waals surface area contributed by atoms with Crippen molar-refractivity contribution in [3.63, 3.8) is 0 Å². The minimum Gasteiger partial charge on any atom is -0.272 e. The molecule has 2 aromatic rings. The molecule has 0 saturated carbocycles. The number of hydrogen-bond donors (Lipinski definition) is 0. The van der Waals surface area contributed by atoms with E-state index in [1.54, 1.807) is 12.3 Å². The summed E-state index contributed by atoms with van der Waals surface area (Å²) in [6.07, 6.45) is 4.06. The van der Waals surface area contributed by atoms with E-state index in [-0.39, 0.29) is 11.8 Å². The van der Waals surface area contributed by atoms with Crippen molar-refractivity contribution in [2.45, 2.75) is 19.3 Å². The van der Waals surface area contributed by atoms with Crippen LogP contribution in [0.25, 0.3) is 0 Å². The molecule has 1 aliphatic heterocycles. The summed E-state index contributed by atoms with van der Waals surface area (Å²) in [6, 6.07) is 11.4. The molecular weight excluding hydrogens is 298 g/mol. The van der Waals surface area contributed by atoms with Crippen molar-refractivity contribution in [2.24, 2.45) is 11.0 Å². The summed E-state index contributed by atoms with van der Waals surface area (Å²) in [5.41, 5.74) is 3.26. The summed E-state index contributed by atoms with van der Waals surface area (Å²) in [5.74, 6) is 0.740. The molecule has 4 nitrogen and oxygen atoms in total. The number of carbonyl (C=O) groups excluding carboxylic acids is 1. The van der Waals surface area contributed by atoms with Gasteiger partial charge in [0.05, 0.1) is 5.71 Å². The second-order valence-corrected chi connectivity index (χ2v) is 6.06. The Hall–Kier alpha value is -2.20. The highest BCUT2D eigenvalue weighted by Crippen LogP contribution is 2.34. The molecule has 110 valence electrons. The Bertz CT molecular complexity index is 773. The summed E-state index contributed by atoms with van der Waals surface area (Å²) < 4.78 is 0. The van der Waals surface area contributed by atoms with Gasteiger partial charge in [0.2, 0.25) is 5.91 Å². The Morgan fingerprint density at radius 1 is 1.23 bits per heavy atom. The summed E-state index contributed by atoms with van der Waals surface area (Å²) in [5, 5.41) is 6.73. The molecule has 2 aliphatic rings. The largest absolute Gasteiger partial charge is 0.272 e. The van der Waals surface area contributed by atoms with Gasteiger partial charge in [0.1, 0.15) is 0 Å². The predicted octanol–water partition coefficient (Wildman–Crippen LogP) is 3.44. The topological polar surface area (TPSA) is 45.6 Å². The van der Waals surface area contributed by atoms with Gasteiger partial charge >= 0.3 is 0 Å². The molecule has 0 spiro atoms. The van der Waals surface area contributed by atoms with Gasteiger partial charge in [-0.2, -0.15) is 10.1 Å². The van der Waals surface area contributed by atoms with Crippen LogP contribution in [0.3, 0.4) is 0 Å². The van der Waals surface area contributed by atoms with E-state index in [0.29, 0.717) is 17.3 Å². The lowest BCUT2D eigenvalue weighted by atomic mass is 9.79. The van der Waals surface area contributed by atoms with E-state index in [9.17, 15) is 4.79 Å². The molecule has 22 heavy (non-hydrogen) atoms. The average molecular weight is 312 g/mol. The van der Waals surface area contributed by atoms with Crippen molar-refractivity contribution in [1.29, 1.82) is 0 Å². The number of nitrogens with zero attached hydrogens (tertiary/aromatic N) is 3. The molecule has 5 heteroatoms. The van der Waals surface area contributed by atoms with Crippen molar-refractivity contribution < 1.29 is 4.79 Å². The smallest absolute Gasteiger partial charge is 0.249 e. The molecule has 1 unspecified atom stereocenters. The minimum atomic E-state index is -0.00192. The summed E-state index contributed by atoms with van der Waals surface area (Å²) in [7, 11) is 0. The SMILES string of the molecule is O=C1CC2CCc3ccc(Cl)cc3C2=NN1c1ccccn1. The second-order valence-electron chi connectivity index (χ2n) is 5.62. The first-order valence-electron chi connectivity index (χ1n) is 7.33. The van der Waals surface area contributed by atoms with E-state index >= 15 is 0 Å². The molecule has 1 amide bonds. The number of benzene rings is 1. The quantitative estimate of drug-likeness (QED) is 0.810. The summed E-state index contributed by atoms with van der Waals surface area (Å²) in [4.78, 5) is 16.6. The van der Waals surface area contributed by atoms with E-state index in [1.807, 2.05) is 24.3 Å². The van der Waals surface area contributed by atoms with Gasteiger partial charge in [-0.15, -0.1) is 0 Å². The van der Waals surface area contributed by atoms with Crippen LogP contribution >= 0.6 is 11.6 Å². The number of pyridine rings is 1. The number of anilines is 1. The Labute approximate surface area is 133 Å². The summed E-state index contributed by atoms with van der Waals surface area (Å²) in [6.45, 7) is 0. The van der Waals surface area contributed by atoms with Gasteiger partial charge in [-0.3, -0.25) is 4.79 Å². The fraction of sp³-hybridized carbons (Fsp3) is 0.235. The van der Waals surface area contributed by atoms with Crippen molar-refractivity contribution in [3.05, 3.63) is 58.7 Å². The highest BCUT2D eigenvalue weighted by atomic mass is 35.5. The zero-order valence-electron chi connectivity index (χ0n) is 11.9. The van der Waals surface area contributed by atoms with Gasteiger partial charge in [-0.25, -0.2) is 4.98 Å². The van der Waals surface area contributed by atoms with Crippen molar-refractivity contribution in [3.8, 4) is 0 Å². The summed E-state index contributed by atoms with van der Waals surface area (Å²) >= 11 is 6.14. The first-order valence-corrected chi connectivity index (χ1v) is 7.71. The fourth-order valence-electron chi connectivity index (χ4n) is 3.14. The molecule has 1 atom stereocenters. The van der Waals surface area contributed by atoms with Crippen LogP contribution in [0.4, 0.5) is 5.82 Å². The van der Waals surface area contributed by atoms with E-state index in [4.69, 9.17) is 11.6 Å². The van der Waals surface area contributed by atoms with Gasteiger partial charge in [0, 0.05) is 29.1 Å². The number of halogens is 1. The van der Waals surface area contributed by atoms with Crippen LogP contribution in [0, 0.1) is 5.92 Å². The monoisotopic (exact) mass is 311 g/mol. The van der Waals surface area contributed by atoms with Gasteiger partial charge in [-0.1, -0.05) is 23.7 Å². The van der Waals surface area contributed by atoms with Crippen LogP contribution in [0.2, 0.25) is 5.02 Å². The molecule has 1 aromatic carbocycles. The fourth-order valence-corrected chi connectivity index (χ4v) is 3.32. The van der Waals surface area contributed by atoms with Gasteiger partial charge in [0.25, 0.3) is 0 Å². The second kappa shape index (κ2) is 5.21. The molecule has 2 heterocycles. The maximum atomic E-state index is 12.4. The highest BCUT2D eigenvalue weighted by molar-refractivity contribution is 6.31. The standard InChI is InChI=1S/C17H14ClN3O/c18-13-7-6-11-4-5-12-9-16(22)21(15-3-1-2-8-19-15)20-17(12)14(11)10-13/h1-3,6-8,10,12H,4-5,9H2. The van der Waals surface area contributed by atoms with Crippen molar-refractivity contribution in [1.82, 2.24) is 4.98 Å². The Morgan fingerprint density at radius 3 is 2.95 bits per heavy atom. The highest BCUT2D eigenvalue weighted by Gasteiger charge is 2.34. The van der Waals surface area contributed by atoms with E-state index < -0.39 is 0 Å². The third-order valence-corrected chi connectivity index (χ3v) is 4.46.